The van der Waals surface area contributed by atoms with E-state index in [1.165, 1.54) is 5.56 Å². The Hall–Kier alpha value is -2.77. The monoisotopic (exact) mass is 464 g/mol. The number of likely N-dealkylation sites (tertiary alicyclic amines) is 1. The number of piperidine rings is 1. The van der Waals surface area contributed by atoms with E-state index < -0.39 is 0 Å². The summed E-state index contributed by atoms with van der Waals surface area (Å²) in [4.78, 5) is 36.8. The standard InChI is InChI=1S/C27H36N4O3/c1-21(30-16-18-34-19-17-30)26(32)31-14-11-23(12-15-31)25(20-22-8-4-3-5-9-22)29(2)27(33)24-10-6-7-13-28-24/h3-10,13,21,23,25H,11-12,14-20H2,1-2H3/t21-,25-/m1/s1. The van der Waals surface area contributed by atoms with Crippen molar-refractivity contribution >= 4 is 11.8 Å². The van der Waals surface area contributed by atoms with Gasteiger partial charge in [-0.25, -0.2) is 0 Å². The lowest BCUT2D eigenvalue weighted by Gasteiger charge is -2.41. The van der Waals surface area contributed by atoms with Crippen LogP contribution >= 0.6 is 0 Å². The summed E-state index contributed by atoms with van der Waals surface area (Å²) in [7, 11) is 1.89. The quantitative estimate of drug-likeness (QED) is 0.630. The third-order valence-electron chi connectivity index (χ3n) is 7.34. The van der Waals surface area contributed by atoms with E-state index in [1.807, 2.05) is 54.1 Å². The van der Waals surface area contributed by atoms with E-state index in [2.05, 4.69) is 22.0 Å². The number of carbonyl (C=O) groups excluding carboxylic acids is 2. The molecule has 7 heteroatoms. The van der Waals surface area contributed by atoms with Gasteiger partial charge < -0.3 is 14.5 Å². The maximum absolute atomic E-state index is 13.2. The fourth-order valence-electron chi connectivity index (χ4n) is 5.19. The average Bonchev–Trinajstić information content (AvgIpc) is 2.92. The van der Waals surface area contributed by atoms with Crippen molar-refractivity contribution in [1.29, 1.82) is 0 Å². The zero-order valence-corrected chi connectivity index (χ0v) is 20.3. The predicted octanol–water partition coefficient (Wildman–Crippen LogP) is 2.72. The van der Waals surface area contributed by atoms with Gasteiger partial charge >= 0.3 is 0 Å². The minimum absolute atomic E-state index is 0.0471. The van der Waals surface area contributed by atoms with Gasteiger partial charge in [-0.05, 0) is 49.8 Å². The van der Waals surface area contributed by atoms with E-state index >= 15 is 0 Å². The Morgan fingerprint density at radius 3 is 2.35 bits per heavy atom. The van der Waals surface area contributed by atoms with Gasteiger partial charge in [0.15, 0.2) is 0 Å². The highest BCUT2D eigenvalue weighted by atomic mass is 16.5. The van der Waals surface area contributed by atoms with Crippen molar-refractivity contribution in [2.45, 2.75) is 38.3 Å². The normalized spacial score (nSPS) is 19.4. The van der Waals surface area contributed by atoms with Gasteiger partial charge in [0.1, 0.15) is 5.69 Å². The molecule has 7 nitrogen and oxygen atoms in total. The number of rotatable bonds is 7. The number of aromatic nitrogens is 1. The summed E-state index contributed by atoms with van der Waals surface area (Å²) >= 11 is 0. The lowest BCUT2D eigenvalue weighted by molar-refractivity contribution is -0.139. The molecule has 2 amide bonds. The SMILES string of the molecule is C[C@H](C(=O)N1CCC([C@@H](Cc2ccccc2)N(C)C(=O)c2ccccn2)CC1)N1CCOCC1. The summed E-state index contributed by atoms with van der Waals surface area (Å²) in [6.07, 6.45) is 4.23. The molecule has 0 unspecified atom stereocenters. The topological polar surface area (TPSA) is 66.0 Å². The number of benzene rings is 1. The van der Waals surface area contributed by atoms with Gasteiger partial charge in [-0.1, -0.05) is 36.4 Å². The molecule has 0 bridgehead atoms. The van der Waals surface area contributed by atoms with Crippen molar-refractivity contribution in [3.8, 4) is 0 Å². The number of ether oxygens (including phenoxy) is 1. The molecule has 2 saturated heterocycles. The van der Waals surface area contributed by atoms with Crippen molar-refractivity contribution in [1.82, 2.24) is 19.7 Å². The molecule has 1 aromatic heterocycles. The molecule has 2 atom stereocenters. The van der Waals surface area contributed by atoms with Crippen LogP contribution in [-0.2, 0) is 16.0 Å². The Labute approximate surface area is 202 Å². The maximum atomic E-state index is 13.2. The molecule has 2 aliphatic rings. The molecule has 3 heterocycles. The minimum atomic E-state index is -0.117. The van der Waals surface area contributed by atoms with Gasteiger partial charge in [-0.15, -0.1) is 0 Å². The molecule has 0 aliphatic carbocycles. The third kappa shape index (κ3) is 5.83. The summed E-state index contributed by atoms with van der Waals surface area (Å²) in [5.74, 6) is 0.472. The Morgan fingerprint density at radius 2 is 1.71 bits per heavy atom. The van der Waals surface area contributed by atoms with Crippen molar-refractivity contribution in [2.75, 3.05) is 46.4 Å². The number of morpholine rings is 1. The Morgan fingerprint density at radius 1 is 1.03 bits per heavy atom. The molecular weight excluding hydrogens is 428 g/mol. The second-order valence-corrected chi connectivity index (χ2v) is 9.38. The predicted molar refractivity (Wildman–Crippen MR) is 131 cm³/mol. The zero-order valence-electron chi connectivity index (χ0n) is 20.3. The van der Waals surface area contributed by atoms with Crippen LogP contribution < -0.4 is 0 Å². The lowest BCUT2D eigenvalue weighted by Crippen LogP contribution is -2.54. The molecule has 0 saturated carbocycles. The average molecular weight is 465 g/mol. The molecule has 2 aliphatic heterocycles. The van der Waals surface area contributed by atoms with Crippen LogP contribution in [0.25, 0.3) is 0 Å². The molecule has 2 aromatic rings. The first-order valence-corrected chi connectivity index (χ1v) is 12.4. The van der Waals surface area contributed by atoms with Crippen LogP contribution in [0.4, 0.5) is 0 Å². The summed E-state index contributed by atoms with van der Waals surface area (Å²) in [6, 6.07) is 15.7. The Bertz CT molecular complexity index is 925. The van der Waals surface area contributed by atoms with E-state index in [1.54, 1.807) is 12.3 Å². The number of hydrogen-bond donors (Lipinski definition) is 0. The van der Waals surface area contributed by atoms with Crippen LogP contribution in [0.15, 0.2) is 54.7 Å². The highest BCUT2D eigenvalue weighted by molar-refractivity contribution is 5.92. The first-order valence-electron chi connectivity index (χ1n) is 12.4. The van der Waals surface area contributed by atoms with Gasteiger partial charge in [-0.2, -0.15) is 0 Å². The lowest BCUT2D eigenvalue weighted by atomic mass is 9.84. The summed E-state index contributed by atoms with van der Waals surface area (Å²) in [5, 5.41) is 0. The number of hydrogen-bond acceptors (Lipinski definition) is 5. The zero-order chi connectivity index (χ0) is 23.9. The second kappa shape index (κ2) is 11.6. The fraction of sp³-hybridized carbons (Fsp3) is 0.519. The van der Waals surface area contributed by atoms with Crippen LogP contribution in [0.5, 0.6) is 0 Å². The highest BCUT2D eigenvalue weighted by Gasteiger charge is 2.35. The third-order valence-corrected chi connectivity index (χ3v) is 7.34. The first-order chi connectivity index (χ1) is 16.5. The van der Waals surface area contributed by atoms with Crippen LogP contribution in [0.2, 0.25) is 0 Å². The van der Waals surface area contributed by atoms with Gasteiger partial charge in [-0.3, -0.25) is 19.5 Å². The minimum Gasteiger partial charge on any atom is -0.379 e. The molecule has 34 heavy (non-hydrogen) atoms. The summed E-state index contributed by atoms with van der Waals surface area (Å²) in [5.41, 5.74) is 1.68. The molecule has 182 valence electrons. The van der Waals surface area contributed by atoms with E-state index in [9.17, 15) is 9.59 Å². The largest absolute Gasteiger partial charge is 0.379 e. The van der Waals surface area contributed by atoms with Crippen molar-refractivity contribution in [2.24, 2.45) is 5.92 Å². The van der Waals surface area contributed by atoms with E-state index in [-0.39, 0.29) is 23.9 Å². The second-order valence-electron chi connectivity index (χ2n) is 9.38. The number of likely N-dealkylation sites (N-methyl/N-ethyl adjacent to an activating group) is 1. The van der Waals surface area contributed by atoms with Crippen LogP contribution in [-0.4, -0.2) is 90.0 Å². The Kier molecular flexibility index (Phi) is 8.29. The highest BCUT2D eigenvalue weighted by Crippen LogP contribution is 2.28. The number of pyridine rings is 1. The Balaban J connectivity index is 1.43. The van der Waals surface area contributed by atoms with Crippen molar-refractivity contribution in [3.05, 3.63) is 66.0 Å². The molecule has 0 spiro atoms. The van der Waals surface area contributed by atoms with Crippen LogP contribution in [0.3, 0.4) is 0 Å². The molecule has 0 radical (unpaired) electrons. The smallest absolute Gasteiger partial charge is 0.272 e. The van der Waals surface area contributed by atoms with E-state index in [0.717, 1.165) is 45.4 Å². The fourth-order valence-corrected chi connectivity index (χ4v) is 5.19. The van der Waals surface area contributed by atoms with Crippen molar-refractivity contribution < 1.29 is 14.3 Å². The van der Waals surface area contributed by atoms with E-state index in [4.69, 9.17) is 4.74 Å². The number of carbonyl (C=O) groups is 2. The first kappa shape index (κ1) is 24.4. The molecular formula is C27H36N4O3. The molecule has 4 rings (SSSR count). The molecule has 1 aromatic carbocycles. The molecule has 2 fully saturated rings. The van der Waals surface area contributed by atoms with Crippen LogP contribution in [0.1, 0.15) is 35.8 Å². The summed E-state index contributed by atoms with van der Waals surface area (Å²) < 4.78 is 5.43. The maximum Gasteiger partial charge on any atom is 0.272 e. The number of nitrogens with zero attached hydrogens (tertiary/aromatic N) is 4. The molecule has 0 N–H and O–H groups in total. The van der Waals surface area contributed by atoms with Crippen LogP contribution in [0, 0.1) is 5.92 Å². The van der Waals surface area contributed by atoms with E-state index in [0.29, 0.717) is 24.8 Å². The van der Waals surface area contributed by atoms with Gasteiger partial charge in [0.25, 0.3) is 5.91 Å². The number of amides is 2. The van der Waals surface area contributed by atoms with Gasteiger partial charge in [0.2, 0.25) is 5.91 Å². The van der Waals surface area contributed by atoms with Crippen molar-refractivity contribution in [3.63, 3.8) is 0 Å². The van der Waals surface area contributed by atoms with Gasteiger partial charge in [0.05, 0.1) is 19.3 Å². The summed E-state index contributed by atoms with van der Waals surface area (Å²) in [6.45, 7) is 6.47. The van der Waals surface area contributed by atoms with Gasteiger partial charge in [0, 0.05) is 45.5 Å².